The highest BCUT2D eigenvalue weighted by molar-refractivity contribution is 6.30. The first-order valence-corrected chi connectivity index (χ1v) is 5.55. The van der Waals surface area contributed by atoms with E-state index in [4.69, 9.17) is 11.6 Å². The Morgan fingerprint density at radius 3 is 2.53 bits per heavy atom. The van der Waals surface area contributed by atoms with Gasteiger partial charge in [-0.05, 0) is 49.0 Å². The lowest BCUT2D eigenvalue weighted by Crippen LogP contribution is -2.37. The number of hydrogen-bond acceptors (Lipinski definition) is 1. The van der Waals surface area contributed by atoms with Gasteiger partial charge in [0.2, 0.25) is 0 Å². The third kappa shape index (κ3) is 2.87. The lowest BCUT2D eigenvalue weighted by atomic mass is 9.75. The first kappa shape index (κ1) is 12.8. The SMILES string of the molecule is CC1(c2cccc(Cl)c2)CCNCC1.Cl. The zero-order valence-corrected chi connectivity index (χ0v) is 10.5. The molecule has 0 radical (unpaired) electrons. The molecule has 1 heterocycles. The van der Waals surface area contributed by atoms with Gasteiger partial charge in [-0.25, -0.2) is 0 Å². The summed E-state index contributed by atoms with van der Waals surface area (Å²) in [5.41, 5.74) is 1.70. The third-order valence-corrected chi connectivity index (χ3v) is 3.46. The maximum Gasteiger partial charge on any atom is 0.0408 e. The topological polar surface area (TPSA) is 12.0 Å². The maximum atomic E-state index is 6.01. The third-order valence-electron chi connectivity index (χ3n) is 3.23. The molecular formula is C12H17Cl2N. The summed E-state index contributed by atoms with van der Waals surface area (Å²) in [5, 5.41) is 4.24. The minimum absolute atomic E-state index is 0. The average Bonchev–Trinajstić information content (AvgIpc) is 2.19. The summed E-state index contributed by atoms with van der Waals surface area (Å²) in [5.74, 6) is 0. The van der Waals surface area contributed by atoms with Gasteiger partial charge in [0.15, 0.2) is 0 Å². The fourth-order valence-corrected chi connectivity index (χ4v) is 2.32. The zero-order chi connectivity index (χ0) is 10.0. The van der Waals surface area contributed by atoms with E-state index in [2.05, 4.69) is 24.4 Å². The van der Waals surface area contributed by atoms with E-state index in [9.17, 15) is 0 Å². The molecule has 1 aliphatic rings. The average molecular weight is 246 g/mol. The van der Waals surface area contributed by atoms with Gasteiger partial charge in [0.25, 0.3) is 0 Å². The summed E-state index contributed by atoms with van der Waals surface area (Å²) in [6.07, 6.45) is 2.40. The fraction of sp³-hybridized carbons (Fsp3) is 0.500. The number of piperidine rings is 1. The smallest absolute Gasteiger partial charge is 0.0408 e. The van der Waals surface area contributed by atoms with Crippen LogP contribution < -0.4 is 5.32 Å². The van der Waals surface area contributed by atoms with Crippen molar-refractivity contribution in [2.24, 2.45) is 0 Å². The van der Waals surface area contributed by atoms with E-state index >= 15 is 0 Å². The molecule has 0 aliphatic carbocycles. The molecule has 0 spiro atoms. The molecule has 1 aliphatic heterocycles. The standard InChI is InChI=1S/C12H16ClN.ClH/c1-12(5-7-14-8-6-12)10-3-2-4-11(13)9-10;/h2-4,9,14H,5-8H2,1H3;1H. The lowest BCUT2D eigenvalue weighted by Gasteiger charge is -2.34. The van der Waals surface area contributed by atoms with Crippen molar-refractivity contribution in [2.75, 3.05) is 13.1 Å². The largest absolute Gasteiger partial charge is 0.317 e. The van der Waals surface area contributed by atoms with Crippen LogP contribution in [0, 0.1) is 0 Å². The van der Waals surface area contributed by atoms with Gasteiger partial charge in [-0.3, -0.25) is 0 Å². The Morgan fingerprint density at radius 2 is 1.93 bits per heavy atom. The van der Waals surface area contributed by atoms with Crippen LogP contribution in [0.5, 0.6) is 0 Å². The Morgan fingerprint density at radius 1 is 1.27 bits per heavy atom. The maximum absolute atomic E-state index is 6.01. The number of benzene rings is 1. The van der Waals surface area contributed by atoms with Crippen molar-refractivity contribution in [3.8, 4) is 0 Å². The molecule has 1 N–H and O–H groups in total. The number of nitrogens with one attached hydrogen (secondary N) is 1. The second-order valence-electron chi connectivity index (χ2n) is 4.32. The van der Waals surface area contributed by atoms with Crippen LogP contribution in [-0.4, -0.2) is 13.1 Å². The van der Waals surface area contributed by atoms with Gasteiger partial charge < -0.3 is 5.32 Å². The van der Waals surface area contributed by atoms with E-state index in [-0.39, 0.29) is 12.4 Å². The molecule has 2 rings (SSSR count). The molecule has 0 atom stereocenters. The van der Waals surface area contributed by atoms with Crippen LogP contribution in [0.1, 0.15) is 25.3 Å². The summed E-state index contributed by atoms with van der Waals surface area (Å²) < 4.78 is 0. The van der Waals surface area contributed by atoms with Crippen LogP contribution in [0.4, 0.5) is 0 Å². The van der Waals surface area contributed by atoms with E-state index in [1.165, 1.54) is 18.4 Å². The highest BCUT2D eigenvalue weighted by Crippen LogP contribution is 2.33. The molecule has 1 nitrogen and oxygen atoms in total. The van der Waals surface area contributed by atoms with Crippen LogP contribution in [0.3, 0.4) is 0 Å². The lowest BCUT2D eigenvalue weighted by molar-refractivity contribution is 0.335. The summed E-state index contributed by atoms with van der Waals surface area (Å²) in [4.78, 5) is 0. The van der Waals surface area contributed by atoms with Crippen molar-refractivity contribution in [1.82, 2.24) is 5.32 Å². The molecule has 0 saturated carbocycles. The highest BCUT2D eigenvalue weighted by Gasteiger charge is 2.28. The Bertz CT molecular complexity index is 319. The number of halogens is 2. The molecular weight excluding hydrogens is 229 g/mol. The van der Waals surface area contributed by atoms with Crippen molar-refractivity contribution in [3.05, 3.63) is 34.9 Å². The van der Waals surface area contributed by atoms with Crippen molar-refractivity contribution < 1.29 is 0 Å². The van der Waals surface area contributed by atoms with Gasteiger partial charge in [-0.2, -0.15) is 0 Å². The van der Waals surface area contributed by atoms with Gasteiger partial charge in [0.1, 0.15) is 0 Å². The van der Waals surface area contributed by atoms with Crippen LogP contribution in [-0.2, 0) is 5.41 Å². The minimum Gasteiger partial charge on any atom is -0.317 e. The van der Waals surface area contributed by atoms with Gasteiger partial charge in [-0.1, -0.05) is 30.7 Å². The second-order valence-corrected chi connectivity index (χ2v) is 4.76. The summed E-state index contributed by atoms with van der Waals surface area (Å²) in [6, 6.07) is 8.28. The normalized spacial score (nSPS) is 19.3. The Balaban J connectivity index is 0.00000112. The molecule has 84 valence electrons. The van der Waals surface area contributed by atoms with Gasteiger partial charge in [-0.15, -0.1) is 12.4 Å². The van der Waals surface area contributed by atoms with Gasteiger partial charge in [0.05, 0.1) is 0 Å². The van der Waals surface area contributed by atoms with Crippen molar-refractivity contribution in [1.29, 1.82) is 0 Å². The first-order chi connectivity index (χ1) is 6.71. The summed E-state index contributed by atoms with van der Waals surface area (Å²) in [6.45, 7) is 4.56. The van der Waals surface area contributed by atoms with Crippen LogP contribution >= 0.6 is 24.0 Å². The molecule has 0 amide bonds. The Hall–Kier alpha value is -0.240. The predicted molar refractivity (Wildman–Crippen MR) is 68.2 cm³/mol. The van der Waals surface area contributed by atoms with Gasteiger partial charge >= 0.3 is 0 Å². The van der Waals surface area contributed by atoms with E-state index in [1.54, 1.807) is 0 Å². The Labute approximate surface area is 103 Å². The quantitative estimate of drug-likeness (QED) is 0.800. The number of rotatable bonds is 1. The first-order valence-electron chi connectivity index (χ1n) is 5.17. The van der Waals surface area contributed by atoms with E-state index in [1.807, 2.05) is 12.1 Å². The molecule has 1 fully saturated rings. The molecule has 0 unspecified atom stereocenters. The molecule has 1 aromatic carbocycles. The van der Waals surface area contributed by atoms with Crippen molar-refractivity contribution in [2.45, 2.75) is 25.2 Å². The minimum atomic E-state index is 0. The van der Waals surface area contributed by atoms with Crippen LogP contribution in [0.15, 0.2) is 24.3 Å². The monoisotopic (exact) mass is 245 g/mol. The molecule has 1 aromatic rings. The van der Waals surface area contributed by atoms with Crippen LogP contribution in [0.2, 0.25) is 5.02 Å². The molecule has 15 heavy (non-hydrogen) atoms. The molecule has 1 saturated heterocycles. The molecule has 0 bridgehead atoms. The highest BCUT2D eigenvalue weighted by atomic mass is 35.5. The van der Waals surface area contributed by atoms with E-state index < -0.39 is 0 Å². The van der Waals surface area contributed by atoms with Gasteiger partial charge in [0, 0.05) is 5.02 Å². The van der Waals surface area contributed by atoms with E-state index in [0.717, 1.165) is 18.1 Å². The van der Waals surface area contributed by atoms with Crippen molar-refractivity contribution >= 4 is 24.0 Å². The summed E-state index contributed by atoms with van der Waals surface area (Å²) in [7, 11) is 0. The summed E-state index contributed by atoms with van der Waals surface area (Å²) >= 11 is 6.01. The zero-order valence-electron chi connectivity index (χ0n) is 8.92. The number of hydrogen-bond donors (Lipinski definition) is 1. The fourth-order valence-electron chi connectivity index (χ4n) is 2.13. The van der Waals surface area contributed by atoms with E-state index in [0.29, 0.717) is 5.41 Å². The Kier molecular flexibility index (Phi) is 4.45. The predicted octanol–water partition coefficient (Wildman–Crippen LogP) is 3.40. The van der Waals surface area contributed by atoms with Crippen LogP contribution in [0.25, 0.3) is 0 Å². The van der Waals surface area contributed by atoms with Crippen molar-refractivity contribution in [3.63, 3.8) is 0 Å². The molecule has 0 aromatic heterocycles. The second kappa shape index (κ2) is 5.20. The molecule has 3 heteroatoms.